The van der Waals surface area contributed by atoms with Crippen LogP contribution in [0.15, 0.2) is 53.3 Å². The van der Waals surface area contributed by atoms with Gasteiger partial charge in [-0.05, 0) is 36.9 Å². The molecule has 0 bridgehead atoms. The zero-order valence-electron chi connectivity index (χ0n) is 15.1. The summed E-state index contributed by atoms with van der Waals surface area (Å²) in [4.78, 5) is 40.0. The quantitative estimate of drug-likeness (QED) is 0.553. The smallest absolute Gasteiger partial charge is 0.270 e. The Morgan fingerprint density at radius 3 is 2.63 bits per heavy atom. The van der Waals surface area contributed by atoms with Crippen molar-refractivity contribution in [1.82, 2.24) is 9.88 Å². The Hall–Kier alpha value is -3.48. The van der Waals surface area contributed by atoms with Crippen molar-refractivity contribution in [2.75, 3.05) is 6.54 Å². The molecule has 7 nitrogen and oxygen atoms in total. The summed E-state index contributed by atoms with van der Waals surface area (Å²) in [6.45, 7) is 4.21. The van der Waals surface area contributed by atoms with Gasteiger partial charge in [0.2, 0.25) is 0 Å². The molecular weight excluding hydrogens is 346 g/mol. The van der Waals surface area contributed by atoms with Crippen LogP contribution < -0.4 is 5.56 Å². The molecule has 0 saturated carbocycles. The summed E-state index contributed by atoms with van der Waals surface area (Å²) >= 11 is 0. The molecule has 0 fully saturated rings. The van der Waals surface area contributed by atoms with Gasteiger partial charge in [0.1, 0.15) is 0 Å². The second-order valence-electron chi connectivity index (χ2n) is 6.29. The number of H-pyrrole nitrogens is 1. The van der Waals surface area contributed by atoms with E-state index in [0.717, 1.165) is 16.5 Å². The highest BCUT2D eigenvalue weighted by Crippen LogP contribution is 2.18. The van der Waals surface area contributed by atoms with Crippen LogP contribution in [-0.2, 0) is 6.54 Å². The van der Waals surface area contributed by atoms with Crippen LogP contribution in [0, 0.1) is 17.0 Å². The van der Waals surface area contributed by atoms with Gasteiger partial charge in [0.15, 0.2) is 0 Å². The van der Waals surface area contributed by atoms with E-state index in [9.17, 15) is 19.7 Å². The van der Waals surface area contributed by atoms with Crippen molar-refractivity contribution >= 4 is 22.5 Å². The first-order valence-corrected chi connectivity index (χ1v) is 8.56. The van der Waals surface area contributed by atoms with Crippen molar-refractivity contribution in [3.05, 3.63) is 85.7 Å². The Morgan fingerprint density at radius 2 is 1.93 bits per heavy atom. The minimum atomic E-state index is -0.538. The van der Waals surface area contributed by atoms with Gasteiger partial charge in [-0.3, -0.25) is 19.7 Å². The van der Waals surface area contributed by atoms with Gasteiger partial charge in [-0.25, -0.2) is 0 Å². The van der Waals surface area contributed by atoms with E-state index >= 15 is 0 Å². The lowest BCUT2D eigenvalue weighted by Crippen LogP contribution is -2.32. The van der Waals surface area contributed by atoms with Crippen LogP contribution in [0.5, 0.6) is 0 Å². The van der Waals surface area contributed by atoms with Crippen molar-refractivity contribution in [2.24, 2.45) is 0 Å². The number of pyridine rings is 1. The topological polar surface area (TPSA) is 96.3 Å². The fraction of sp³-hybridized carbons (Fsp3) is 0.200. The molecule has 1 heterocycles. The number of nitro benzene ring substituents is 1. The molecule has 1 N–H and O–H groups in total. The van der Waals surface area contributed by atoms with Crippen LogP contribution in [-0.4, -0.2) is 27.3 Å². The molecule has 0 spiro atoms. The molecule has 0 saturated heterocycles. The van der Waals surface area contributed by atoms with E-state index in [1.165, 1.54) is 29.2 Å². The standard InChI is InChI=1S/C20H19N3O4/c1-3-22(20(25)15-8-5-9-17(11-15)23(26)27)12-16-10-14-7-4-6-13(2)18(14)21-19(16)24/h4-11H,3,12H2,1-2H3,(H,21,24). The van der Waals surface area contributed by atoms with Crippen molar-refractivity contribution in [3.8, 4) is 0 Å². The number of nitrogens with one attached hydrogen (secondary N) is 1. The number of nitrogens with zero attached hydrogens (tertiary/aromatic N) is 2. The number of rotatable bonds is 5. The number of hydrogen-bond acceptors (Lipinski definition) is 4. The number of benzene rings is 2. The summed E-state index contributed by atoms with van der Waals surface area (Å²) in [5, 5.41) is 11.8. The number of non-ortho nitro benzene ring substituents is 1. The molecule has 138 valence electrons. The fourth-order valence-corrected chi connectivity index (χ4v) is 3.01. The molecule has 0 aliphatic carbocycles. The SMILES string of the molecule is CCN(Cc1cc2cccc(C)c2[nH]c1=O)C(=O)c1cccc([N+](=O)[O-])c1. The number of nitro groups is 1. The maximum atomic E-state index is 12.8. The number of hydrogen-bond donors (Lipinski definition) is 1. The molecule has 0 radical (unpaired) electrons. The number of aromatic amines is 1. The zero-order chi connectivity index (χ0) is 19.6. The van der Waals surface area contributed by atoms with Gasteiger partial charge in [-0.15, -0.1) is 0 Å². The van der Waals surface area contributed by atoms with Gasteiger partial charge in [0.25, 0.3) is 17.2 Å². The van der Waals surface area contributed by atoms with Gasteiger partial charge < -0.3 is 9.88 Å². The maximum Gasteiger partial charge on any atom is 0.270 e. The van der Waals surface area contributed by atoms with E-state index in [2.05, 4.69) is 4.98 Å². The number of amides is 1. The summed E-state index contributed by atoms with van der Waals surface area (Å²) in [6, 6.07) is 13.1. The second kappa shape index (κ2) is 7.41. The molecule has 1 aromatic heterocycles. The first-order chi connectivity index (χ1) is 12.9. The average molecular weight is 365 g/mol. The van der Waals surface area contributed by atoms with Crippen LogP contribution >= 0.6 is 0 Å². The molecule has 1 amide bonds. The first kappa shape index (κ1) is 18.3. The summed E-state index contributed by atoms with van der Waals surface area (Å²) < 4.78 is 0. The molecule has 0 atom stereocenters. The summed E-state index contributed by atoms with van der Waals surface area (Å²) in [5.41, 5.74) is 2.04. The Bertz CT molecular complexity index is 1090. The molecule has 3 rings (SSSR count). The molecule has 0 aliphatic heterocycles. The Labute approximate surface area is 155 Å². The number of aryl methyl sites for hydroxylation is 1. The van der Waals surface area contributed by atoms with E-state index in [0.29, 0.717) is 12.1 Å². The zero-order valence-corrected chi connectivity index (χ0v) is 15.1. The number of fused-ring (bicyclic) bond motifs is 1. The third-order valence-corrected chi connectivity index (χ3v) is 4.50. The maximum absolute atomic E-state index is 12.8. The molecule has 7 heteroatoms. The van der Waals surface area contributed by atoms with Crippen molar-refractivity contribution in [1.29, 1.82) is 0 Å². The van der Waals surface area contributed by atoms with Gasteiger partial charge in [-0.1, -0.05) is 24.3 Å². The number of para-hydroxylation sites is 1. The number of aromatic nitrogens is 1. The van der Waals surface area contributed by atoms with Gasteiger partial charge in [-0.2, -0.15) is 0 Å². The van der Waals surface area contributed by atoms with Crippen LogP contribution in [0.25, 0.3) is 10.9 Å². The Kier molecular flexibility index (Phi) is 5.03. The average Bonchev–Trinajstić information content (AvgIpc) is 2.66. The van der Waals surface area contributed by atoms with E-state index < -0.39 is 4.92 Å². The van der Waals surface area contributed by atoms with Crippen LogP contribution in [0.3, 0.4) is 0 Å². The second-order valence-corrected chi connectivity index (χ2v) is 6.29. The summed E-state index contributed by atoms with van der Waals surface area (Å²) in [5.74, 6) is -0.357. The summed E-state index contributed by atoms with van der Waals surface area (Å²) in [7, 11) is 0. The van der Waals surface area contributed by atoms with E-state index in [4.69, 9.17) is 0 Å². The van der Waals surface area contributed by atoms with Crippen LogP contribution in [0.1, 0.15) is 28.4 Å². The lowest BCUT2D eigenvalue weighted by Gasteiger charge is -2.21. The third kappa shape index (κ3) is 3.72. The van der Waals surface area contributed by atoms with Crippen molar-refractivity contribution in [2.45, 2.75) is 20.4 Å². The van der Waals surface area contributed by atoms with Crippen LogP contribution in [0.2, 0.25) is 0 Å². The highest BCUT2D eigenvalue weighted by Gasteiger charge is 2.18. The fourth-order valence-electron chi connectivity index (χ4n) is 3.01. The van der Waals surface area contributed by atoms with E-state index in [-0.39, 0.29) is 29.3 Å². The van der Waals surface area contributed by atoms with Crippen LogP contribution in [0.4, 0.5) is 5.69 Å². The first-order valence-electron chi connectivity index (χ1n) is 8.56. The Morgan fingerprint density at radius 1 is 1.19 bits per heavy atom. The highest BCUT2D eigenvalue weighted by molar-refractivity contribution is 5.94. The van der Waals surface area contributed by atoms with E-state index in [1.807, 2.05) is 25.1 Å². The monoisotopic (exact) mass is 365 g/mol. The van der Waals surface area contributed by atoms with Crippen molar-refractivity contribution < 1.29 is 9.72 Å². The minimum absolute atomic E-state index is 0.122. The predicted molar refractivity (Wildman–Crippen MR) is 103 cm³/mol. The third-order valence-electron chi connectivity index (χ3n) is 4.50. The normalized spacial score (nSPS) is 10.7. The lowest BCUT2D eigenvalue weighted by atomic mass is 10.1. The van der Waals surface area contributed by atoms with E-state index in [1.54, 1.807) is 13.0 Å². The molecule has 27 heavy (non-hydrogen) atoms. The van der Waals surface area contributed by atoms with Gasteiger partial charge >= 0.3 is 0 Å². The predicted octanol–water partition coefficient (Wildman–Crippen LogP) is 3.41. The molecule has 3 aromatic rings. The molecule has 2 aromatic carbocycles. The summed E-state index contributed by atoms with van der Waals surface area (Å²) in [6.07, 6.45) is 0. The molecule has 0 unspecified atom stereocenters. The van der Waals surface area contributed by atoms with Crippen molar-refractivity contribution in [3.63, 3.8) is 0 Å². The molecule has 0 aliphatic rings. The number of carbonyl (C=O) groups excluding carboxylic acids is 1. The van der Waals surface area contributed by atoms with Gasteiger partial charge in [0.05, 0.1) is 17.0 Å². The minimum Gasteiger partial charge on any atom is -0.334 e. The van der Waals surface area contributed by atoms with Gasteiger partial charge in [0, 0.05) is 29.8 Å². The Balaban J connectivity index is 1.93. The number of carbonyl (C=O) groups is 1. The highest BCUT2D eigenvalue weighted by atomic mass is 16.6. The molecular formula is C20H19N3O4. The largest absolute Gasteiger partial charge is 0.334 e. The lowest BCUT2D eigenvalue weighted by molar-refractivity contribution is -0.384.